The van der Waals surface area contributed by atoms with E-state index in [-0.39, 0.29) is 6.10 Å². The Kier molecular flexibility index (Phi) is 4.68. The standard InChI is InChI=1S/C19H18ClN3O2/c20-18-6-3-14(11-22-18)23-19-17-5-4-15(10-13(17)7-8-21-19)25-12-16-2-1-9-24-16/h3-8,10-11,16H,1-2,9,12H2,(H,21,23). The molecule has 1 N–H and O–H groups in total. The monoisotopic (exact) mass is 355 g/mol. The number of nitrogens with zero attached hydrogens (tertiary/aromatic N) is 2. The van der Waals surface area contributed by atoms with E-state index >= 15 is 0 Å². The maximum absolute atomic E-state index is 5.88. The highest BCUT2D eigenvalue weighted by Gasteiger charge is 2.16. The van der Waals surface area contributed by atoms with Crippen molar-refractivity contribution in [3.8, 4) is 5.75 Å². The molecule has 2 aromatic heterocycles. The van der Waals surface area contributed by atoms with Crippen molar-refractivity contribution in [3.05, 3.63) is 53.9 Å². The molecule has 1 atom stereocenters. The summed E-state index contributed by atoms with van der Waals surface area (Å²) < 4.78 is 11.5. The highest BCUT2D eigenvalue weighted by Crippen LogP contribution is 2.28. The molecule has 1 aliphatic rings. The Hall–Kier alpha value is -2.37. The van der Waals surface area contributed by atoms with E-state index in [4.69, 9.17) is 21.1 Å². The summed E-state index contributed by atoms with van der Waals surface area (Å²) in [5.41, 5.74) is 0.836. The lowest BCUT2D eigenvalue weighted by atomic mass is 10.1. The average molecular weight is 356 g/mol. The first kappa shape index (κ1) is 16.1. The van der Waals surface area contributed by atoms with Crippen molar-refractivity contribution in [2.75, 3.05) is 18.5 Å². The highest BCUT2D eigenvalue weighted by atomic mass is 35.5. The lowest BCUT2D eigenvalue weighted by molar-refractivity contribution is 0.0680. The Morgan fingerprint density at radius 1 is 1.20 bits per heavy atom. The van der Waals surface area contributed by atoms with Crippen LogP contribution in [-0.2, 0) is 4.74 Å². The van der Waals surface area contributed by atoms with E-state index in [1.807, 2.05) is 30.3 Å². The van der Waals surface area contributed by atoms with E-state index in [2.05, 4.69) is 15.3 Å². The van der Waals surface area contributed by atoms with E-state index in [1.54, 1.807) is 18.5 Å². The van der Waals surface area contributed by atoms with Gasteiger partial charge in [0, 0.05) is 18.2 Å². The molecular formula is C19H18ClN3O2. The molecule has 0 amide bonds. The van der Waals surface area contributed by atoms with Crippen LogP contribution in [0.2, 0.25) is 5.15 Å². The van der Waals surface area contributed by atoms with Gasteiger partial charge in [-0.05, 0) is 54.6 Å². The van der Waals surface area contributed by atoms with Gasteiger partial charge in [0.05, 0.1) is 18.0 Å². The number of pyridine rings is 2. The Morgan fingerprint density at radius 3 is 2.96 bits per heavy atom. The van der Waals surface area contributed by atoms with E-state index in [0.29, 0.717) is 11.8 Å². The van der Waals surface area contributed by atoms with Crippen molar-refractivity contribution < 1.29 is 9.47 Å². The maximum atomic E-state index is 5.88. The topological polar surface area (TPSA) is 56.3 Å². The van der Waals surface area contributed by atoms with Gasteiger partial charge in [0.15, 0.2) is 0 Å². The van der Waals surface area contributed by atoms with Gasteiger partial charge in [-0.25, -0.2) is 9.97 Å². The summed E-state index contributed by atoms with van der Waals surface area (Å²) in [5.74, 6) is 1.61. The van der Waals surface area contributed by atoms with E-state index in [0.717, 1.165) is 47.5 Å². The summed E-state index contributed by atoms with van der Waals surface area (Å²) in [4.78, 5) is 8.51. The molecule has 0 bridgehead atoms. The molecule has 3 aromatic rings. The van der Waals surface area contributed by atoms with Crippen LogP contribution in [-0.4, -0.2) is 29.3 Å². The van der Waals surface area contributed by atoms with Crippen molar-refractivity contribution in [1.82, 2.24) is 9.97 Å². The van der Waals surface area contributed by atoms with Gasteiger partial charge in [-0.1, -0.05) is 11.6 Å². The van der Waals surface area contributed by atoms with Crippen LogP contribution in [0.3, 0.4) is 0 Å². The van der Waals surface area contributed by atoms with Gasteiger partial charge < -0.3 is 14.8 Å². The molecule has 1 saturated heterocycles. The minimum absolute atomic E-state index is 0.211. The van der Waals surface area contributed by atoms with Gasteiger partial charge >= 0.3 is 0 Å². The number of anilines is 2. The molecule has 1 aliphatic heterocycles. The zero-order valence-electron chi connectivity index (χ0n) is 13.6. The molecule has 1 fully saturated rings. The van der Waals surface area contributed by atoms with Gasteiger partial charge in [0.2, 0.25) is 0 Å². The largest absolute Gasteiger partial charge is 0.491 e. The second-order valence-corrected chi connectivity index (χ2v) is 6.37. The minimum Gasteiger partial charge on any atom is -0.491 e. The SMILES string of the molecule is Clc1ccc(Nc2nccc3cc(OCC4CCCO4)ccc23)cn1. The summed E-state index contributed by atoms with van der Waals surface area (Å²) in [6, 6.07) is 11.6. The van der Waals surface area contributed by atoms with Crippen LogP contribution in [0.5, 0.6) is 5.75 Å². The summed E-state index contributed by atoms with van der Waals surface area (Å²) in [7, 11) is 0. The van der Waals surface area contributed by atoms with Crippen molar-refractivity contribution in [2.24, 2.45) is 0 Å². The summed E-state index contributed by atoms with van der Waals surface area (Å²) in [6.45, 7) is 1.43. The summed E-state index contributed by atoms with van der Waals surface area (Å²) >= 11 is 5.83. The second kappa shape index (κ2) is 7.25. The van der Waals surface area contributed by atoms with Crippen LogP contribution < -0.4 is 10.1 Å². The number of hydrogen-bond donors (Lipinski definition) is 1. The maximum Gasteiger partial charge on any atom is 0.138 e. The minimum atomic E-state index is 0.211. The molecule has 4 rings (SSSR count). The number of halogens is 1. The summed E-state index contributed by atoms with van der Waals surface area (Å²) in [5, 5.41) is 5.81. The van der Waals surface area contributed by atoms with E-state index in [9.17, 15) is 0 Å². The molecule has 0 saturated carbocycles. The smallest absolute Gasteiger partial charge is 0.138 e. The van der Waals surface area contributed by atoms with Crippen LogP contribution in [0.25, 0.3) is 10.8 Å². The average Bonchev–Trinajstić information content (AvgIpc) is 3.15. The number of hydrogen-bond acceptors (Lipinski definition) is 5. The number of aromatic nitrogens is 2. The van der Waals surface area contributed by atoms with Gasteiger partial charge in [0.1, 0.15) is 23.3 Å². The number of nitrogens with one attached hydrogen (secondary N) is 1. The molecule has 5 nitrogen and oxygen atoms in total. The predicted octanol–water partition coefficient (Wildman–Crippen LogP) is 4.58. The Bertz CT molecular complexity index is 864. The molecule has 0 radical (unpaired) electrons. The van der Waals surface area contributed by atoms with Crippen LogP contribution >= 0.6 is 11.6 Å². The molecule has 1 aromatic carbocycles. The molecule has 128 valence electrons. The van der Waals surface area contributed by atoms with Gasteiger partial charge in [-0.2, -0.15) is 0 Å². The van der Waals surface area contributed by atoms with Crippen molar-refractivity contribution >= 4 is 33.9 Å². The molecule has 6 heteroatoms. The van der Waals surface area contributed by atoms with E-state index < -0.39 is 0 Å². The zero-order valence-corrected chi connectivity index (χ0v) is 14.4. The quantitative estimate of drug-likeness (QED) is 0.678. The van der Waals surface area contributed by atoms with Crippen molar-refractivity contribution in [3.63, 3.8) is 0 Å². The zero-order chi connectivity index (χ0) is 17.1. The van der Waals surface area contributed by atoms with Crippen LogP contribution in [0.4, 0.5) is 11.5 Å². The number of fused-ring (bicyclic) bond motifs is 1. The number of ether oxygens (including phenoxy) is 2. The first-order chi connectivity index (χ1) is 12.3. The fourth-order valence-electron chi connectivity index (χ4n) is 2.90. The fraction of sp³-hybridized carbons (Fsp3) is 0.263. The first-order valence-corrected chi connectivity index (χ1v) is 8.67. The fourth-order valence-corrected chi connectivity index (χ4v) is 3.01. The third-order valence-corrected chi connectivity index (χ3v) is 4.41. The van der Waals surface area contributed by atoms with Crippen molar-refractivity contribution in [1.29, 1.82) is 0 Å². The Labute approximate surface area is 151 Å². The molecule has 0 spiro atoms. The van der Waals surface area contributed by atoms with Gasteiger partial charge in [-0.3, -0.25) is 0 Å². The van der Waals surface area contributed by atoms with Gasteiger partial charge in [0.25, 0.3) is 0 Å². The predicted molar refractivity (Wildman–Crippen MR) is 98.7 cm³/mol. The Morgan fingerprint density at radius 2 is 2.16 bits per heavy atom. The van der Waals surface area contributed by atoms with Crippen LogP contribution in [0, 0.1) is 0 Å². The molecule has 25 heavy (non-hydrogen) atoms. The van der Waals surface area contributed by atoms with Crippen LogP contribution in [0.15, 0.2) is 48.8 Å². The normalized spacial score (nSPS) is 16.9. The van der Waals surface area contributed by atoms with Crippen molar-refractivity contribution in [2.45, 2.75) is 18.9 Å². The lowest BCUT2D eigenvalue weighted by Crippen LogP contribution is -2.16. The highest BCUT2D eigenvalue weighted by molar-refractivity contribution is 6.29. The third-order valence-electron chi connectivity index (χ3n) is 4.19. The van der Waals surface area contributed by atoms with Gasteiger partial charge in [-0.15, -0.1) is 0 Å². The third kappa shape index (κ3) is 3.83. The molecule has 0 aliphatic carbocycles. The lowest BCUT2D eigenvalue weighted by Gasteiger charge is -2.13. The summed E-state index contributed by atoms with van der Waals surface area (Å²) in [6.07, 6.45) is 5.86. The molecular weight excluding hydrogens is 338 g/mol. The first-order valence-electron chi connectivity index (χ1n) is 8.30. The Balaban J connectivity index is 1.53. The second-order valence-electron chi connectivity index (χ2n) is 5.98. The number of rotatable bonds is 5. The van der Waals surface area contributed by atoms with Crippen LogP contribution in [0.1, 0.15) is 12.8 Å². The molecule has 1 unspecified atom stereocenters. The molecule has 3 heterocycles. The van der Waals surface area contributed by atoms with E-state index in [1.165, 1.54) is 0 Å². The number of benzene rings is 1.